The maximum Gasteiger partial charge on any atom is 0.251 e. The van der Waals surface area contributed by atoms with Crippen molar-refractivity contribution in [1.29, 1.82) is 0 Å². The Balaban J connectivity index is 1.57. The van der Waals surface area contributed by atoms with Crippen LogP contribution >= 0.6 is 11.6 Å². The lowest BCUT2D eigenvalue weighted by atomic mass is 10.1. The molecule has 2 N–H and O–H groups in total. The molecular formula is C21H26ClN5O. The third kappa shape index (κ3) is 4.75. The minimum atomic E-state index is -0.0815. The van der Waals surface area contributed by atoms with Crippen molar-refractivity contribution >= 4 is 29.2 Å². The van der Waals surface area contributed by atoms with Crippen LogP contribution in [0.5, 0.6) is 0 Å². The highest BCUT2D eigenvalue weighted by Gasteiger charge is 2.21. The number of anilines is 1. The summed E-state index contributed by atoms with van der Waals surface area (Å²) >= 11 is 6.33. The summed E-state index contributed by atoms with van der Waals surface area (Å²) in [5.41, 5.74) is 2.78. The maximum absolute atomic E-state index is 11.8. The minimum absolute atomic E-state index is 0.0815. The molecule has 28 heavy (non-hydrogen) atoms. The molecule has 0 aliphatic carbocycles. The molecule has 148 valence electrons. The second-order valence-electron chi connectivity index (χ2n) is 6.61. The lowest BCUT2D eigenvalue weighted by molar-refractivity contribution is 0.0963. The predicted octanol–water partition coefficient (Wildman–Crippen LogP) is 2.60. The van der Waals surface area contributed by atoms with E-state index in [1.165, 1.54) is 0 Å². The third-order valence-electron chi connectivity index (χ3n) is 4.85. The van der Waals surface area contributed by atoms with Gasteiger partial charge in [0.05, 0.1) is 10.7 Å². The number of aliphatic imine (C=N–C) groups is 1. The van der Waals surface area contributed by atoms with Gasteiger partial charge in [0.25, 0.3) is 5.91 Å². The van der Waals surface area contributed by atoms with E-state index in [0.29, 0.717) is 12.1 Å². The average Bonchev–Trinajstić information content (AvgIpc) is 2.74. The molecule has 1 heterocycles. The number of carbonyl (C=O) groups excluding carboxylic acids is 1. The van der Waals surface area contributed by atoms with Gasteiger partial charge < -0.3 is 20.4 Å². The Morgan fingerprint density at radius 2 is 1.86 bits per heavy atom. The van der Waals surface area contributed by atoms with Gasteiger partial charge in [0.15, 0.2) is 5.96 Å². The Bertz CT molecular complexity index is 846. The highest BCUT2D eigenvalue weighted by molar-refractivity contribution is 6.33. The van der Waals surface area contributed by atoms with Crippen molar-refractivity contribution in [3.63, 3.8) is 0 Å². The molecule has 0 atom stereocenters. The molecule has 1 saturated heterocycles. The van der Waals surface area contributed by atoms with Crippen molar-refractivity contribution in [3.8, 4) is 0 Å². The summed E-state index contributed by atoms with van der Waals surface area (Å²) < 4.78 is 0. The zero-order valence-corrected chi connectivity index (χ0v) is 17.0. The molecule has 0 bridgehead atoms. The molecule has 3 rings (SSSR count). The van der Waals surface area contributed by atoms with Crippen molar-refractivity contribution in [2.45, 2.75) is 6.54 Å². The first-order valence-electron chi connectivity index (χ1n) is 9.38. The van der Waals surface area contributed by atoms with Gasteiger partial charge in [0.1, 0.15) is 0 Å². The molecule has 1 fully saturated rings. The number of guanidine groups is 1. The van der Waals surface area contributed by atoms with Crippen LogP contribution in [0.1, 0.15) is 15.9 Å². The minimum Gasteiger partial charge on any atom is -0.367 e. The Morgan fingerprint density at radius 1 is 1.11 bits per heavy atom. The molecule has 0 radical (unpaired) electrons. The lowest BCUT2D eigenvalue weighted by Gasteiger charge is -2.38. The standard InChI is InChI=1S/C21H26ClN5O/c1-23-20(28)17-7-5-6-16(14-17)15-25-21(24-2)27-12-10-26(11-13-27)19-9-4-3-8-18(19)22/h3-9,14H,10-13,15H2,1-2H3,(H,23,28)(H,24,25). The zero-order chi connectivity index (χ0) is 19.9. The first-order chi connectivity index (χ1) is 13.6. The largest absolute Gasteiger partial charge is 0.367 e. The number of nitrogens with zero attached hydrogens (tertiary/aromatic N) is 3. The number of rotatable bonds is 4. The number of nitrogens with one attached hydrogen (secondary N) is 2. The molecule has 2 aromatic carbocycles. The molecular weight excluding hydrogens is 374 g/mol. The van der Waals surface area contributed by atoms with Crippen LogP contribution < -0.4 is 15.5 Å². The summed E-state index contributed by atoms with van der Waals surface area (Å²) in [5, 5.41) is 6.84. The first kappa shape index (κ1) is 20.0. The molecule has 1 amide bonds. The van der Waals surface area contributed by atoms with Crippen molar-refractivity contribution in [3.05, 3.63) is 64.7 Å². The highest BCUT2D eigenvalue weighted by atomic mass is 35.5. The lowest BCUT2D eigenvalue weighted by Crippen LogP contribution is -2.52. The van der Waals surface area contributed by atoms with Gasteiger partial charge in [0.2, 0.25) is 0 Å². The maximum atomic E-state index is 11.8. The average molecular weight is 400 g/mol. The molecule has 2 aromatic rings. The van der Waals surface area contributed by atoms with Gasteiger partial charge in [-0.25, -0.2) is 0 Å². The van der Waals surface area contributed by atoms with Crippen molar-refractivity contribution < 1.29 is 4.79 Å². The van der Waals surface area contributed by atoms with Gasteiger partial charge in [-0.2, -0.15) is 0 Å². The van der Waals surface area contributed by atoms with E-state index in [1.54, 1.807) is 14.1 Å². The molecule has 0 saturated carbocycles. The van der Waals surface area contributed by atoms with Crippen molar-refractivity contribution in [1.82, 2.24) is 15.5 Å². The van der Waals surface area contributed by atoms with E-state index in [9.17, 15) is 4.79 Å². The second-order valence-corrected chi connectivity index (χ2v) is 7.01. The number of carbonyl (C=O) groups is 1. The first-order valence-corrected chi connectivity index (χ1v) is 9.76. The molecule has 0 spiro atoms. The van der Waals surface area contributed by atoms with E-state index in [0.717, 1.165) is 48.4 Å². The van der Waals surface area contributed by atoms with Crippen LogP contribution in [0.2, 0.25) is 5.02 Å². The Labute approximate surface area is 171 Å². The number of hydrogen-bond donors (Lipinski definition) is 2. The highest BCUT2D eigenvalue weighted by Crippen LogP contribution is 2.26. The van der Waals surface area contributed by atoms with Crippen LogP contribution in [0, 0.1) is 0 Å². The monoisotopic (exact) mass is 399 g/mol. The van der Waals surface area contributed by atoms with Crippen molar-refractivity contribution in [2.24, 2.45) is 4.99 Å². The summed E-state index contributed by atoms with van der Waals surface area (Å²) in [7, 11) is 3.43. The van der Waals surface area contributed by atoms with E-state index in [4.69, 9.17) is 11.6 Å². The molecule has 6 nitrogen and oxygen atoms in total. The SMILES string of the molecule is CN=C(NCc1cccc(C(=O)NC)c1)N1CCN(c2ccccc2Cl)CC1. The number of hydrogen-bond acceptors (Lipinski definition) is 3. The molecule has 1 aliphatic rings. The van der Waals surface area contributed by atoms with Crippen LogP contribution in [0.25, 0.3) is 0 Å². The topological polar surface area (TPSA) is 60.0 Å². The second kappa shape index (κ2) is 9.46. The third-order valence-corrected chi connectivity index (χ3v) is 5.17. The van der Waals surface area contributed by atoms with Gasteiger partial charge in [0, 0.05) is 52.4 Å². The molecule has 1 aliphatic heterocycles. The summed E-state index contributed by atoms with van der Waals surface area (Å²) in [6.45, 7) is 4.11. The Morgan fingerprint density at radius 3 is 2.54 bits per heavy atom. The van der Waals surface area contributed by atoms with Gasteiger partial charge in [-0.1, -0.05) is 35.9 Å². The van der Waals surface area contributed by atoms with E-state index >= 15 is 0 Å². The fourth-order valence-electron chi connectivity index (χ4n) is 3.35. The number of amides is 1. The van der Waals surface area contributed by atoms with E-state index in [1.807, 2.05) is 42.5 Å². The van der Waals surface area contributed by atoms with Gasteiger partial charge in [-0.15, -0.1) is 0 Å². The van der Waals surface area contributed by atoms with E-state index in [-0.39, 0.29) is 5.91 Å². The zero-order valence-electron chi connectivity index (χ0n) is 16.3. The normalized spacial score (nSPS) is 14.8. The number of piperazine rings is 1. The fourth-order valence-corrected chi connectivity index (χ4v) is 3.60. The van der Waals surface area contributed by atoms with Gasteiger partial charge in [-0.05, 0) is 29.8 Å². The van der Waals surface area contributed by atoms with E-state index in [2.05, 4.69) is 31.5 Å². The van der Waals surface area contributed by atoms with Crippen LogP contribution in [0.4, 0.5) is 5.69 Å². The number of benzene rings is 2. The van der Waals surface area contributed by atoms with Crippen LogP contribution in [0.15, 0.2) is 53.5 Å². The van der Waals surface area contributed by atoms with Gasteiger partial charge >= 0.3 is 0 Å². The molecule has 0 unspecified atom stereocenters. The van der Waals surface area contributed by atoms with Crippen molar-refractivity contribution in [2.75, 3.05) is 45.2 Å². The summed E-state index contributed by atoms with van der Waals surface area (Å²) in [4.78, 5) is 20.8. The Hall–Kier alpha value is -2.73. The number of halogens is 1. The fraction of sp³-hybridized carbons (Fsp3) is 0.333. The van der Waals surface area contributed by atoms with Crippen LogP contribution in [0.3, 0.4) is 0 Å². The quantitative estimate of drug-likeness (QED) is 0.613. The summed E-state index contributed by atoms with van der Waals surface area (Å²) in [6.07, 6.45) is 0. The van der Waals surface area contributed by atoms with Crippen LogP contribution in [-0.4, -0.2) is 57.0 Å². The number of para-hydroxylation sites is 1. The Kier molecular flexibility index (Phi) is 6.76. The molecule has 0 aromatic heterocycles. The van der Waals surface area contributed by atoms with Crippen LogP contribution in [-0.2, 0) is 6.54 Å². The smallest absolute Gasteiger partial charge is 0.251 e. The summed E-state index contributed by atoms with van der Waals surface area (Å²) in [6, 6.07) is 15.6. The molecule has 7 heteroatoms. The van der Waals surface area contributed by atoms with Gasteiger partial charge in [-0.3, -0.25) is 9.79 Å². The summed E-state index contributed by atoms with van der Waals surface area (Å²) in [5.74, 6) is 0.783. The predicted molar refractivity (Wildman–Crippen MR) is 115 cm³/mol. The van der Waals surface area contributed by atoms with E-state index < -0.39 is 0 Å².